The normalized spacial score (nSPS) is 20.6. The molecule has 1 aromatic carbocycles. The van der Waals surface area contributed by atoms with Gasteiger partial charge in [0, 0.05) is 25.6 Å². The molecule has 1 N–H and O–H groups in total. The van der Waals surface area contributed by atoms with Crippen LogP contribution in [0.25, 0.3) is 0 Å². The number of fused-ring (bicyclic) bond motifs is 1. The zero-order valence-corrected chi connectivity index (χ0v) is 15.7. The Morgan fingerprint density at radius 1 is 1.24 bits per heavy atom. The average molecular weight is 366 g/mol. The maximum Gasteiger partial charge on any atom is 0.241 e. The summed E-state index contributed by atoms with van der Waals surface area (Å²) in [6, 6.07) is 3.01. The van der Waals surface area contributed by atoms with Gasteiger partial charge in [-0.2, -0.15) is 0 Å². The number of benzene rings is 1. The first-order valence-corrected chi connectivity index (χ1v) is 10.4. The molecule has 1 heterocycles. The predicted molar refractivity (Wildman–Crippen MR) is 95.2 cm³/mol. The zero-order valence-electron chi connectivity index (χ0n) is 14.9. The van der Waals surface area contributed by atoms with Gasteiger partial charge in [-0.3, -0.25) is 4.79 Å². The van der Waals surface area contributed by atoms with Gasteiger partial charge in [0.15, 0.2) is 0 Å². The quantitative estimate of drug-likeness (QED) is 0.834. The van der Waals surface area contributed by atoms with E-state index in [0.29, 0.717) is 18.0 Å². The number of carbonyl (C=O) groups excluding carboxylic acids is 1. The Hall–Kier alpha value is -1.60. The number of methoxy groups -OCH3 is 1. The number of rotatable bonds is 6. The van der Waals surface area contributed by atoms with Gasteiger partial charge in [0.05, 0.1) is 12.0 Å². The zero-order chi connectivity index (χ0) is 18.0. The Bertz CT molecular complexity index is 761. The van der Waals surface area contributed by atoms with Crippen LogP contribution in [0.1, 0.15) is 43.7 Å². The standard InChI is InChI=1S/C18H26N2O4S/c1-3-10-20-12-13(11-18(20)21)19-25(22,23)17-9-8-16(24-2)14-6-4-5-7-15(14)17/h8-9,13,19H,3-7,10-12H2,1-2H3/t13-/m0/s1. The van der Waals surface area contributed by atoms with Crippen LogP contribution in [0.3, 0.4) is 0 Å². The van der Waals surface area contributed by atoms with E-state index in [9.17, 15) is 13.2 Å². The fraction of sp³-hybridized carbons (Fsp3) is 0.611. The lowest BCUT2D eigenvalue weighted by atomic mass is 9.91. The third kappa shape index (κ3) is 3.67. The first-order valence-electron chi connectivity index (χ1n) is 8.95. The minimum Gasteiger partial charge on any atom is -0.496 e. The first-order chi connectivity index (χ1) is 12.0. The molecular weight excluding hydrogens is 340 g/mol. The van der Waals surface area contributed by atoms with E-state index < -0.39 is 10.0 Å². The smallest absolute Gasteiger partial charge is 0.241 e. The van der Waals surface area contributed by atoms with Crippen LogP contribution < -0.4 is 9.46 Å². The number of hydrogen-bond donors (Lipinski definition) is 1. The molecule has 2 aliphatic rings. The summed E-state index contributed by atoms with van der Waals surface area (Å²) in [5, 5.41) is 0. The molecule has 0 bridgehead atoms. The molecule has 1 aliphatic carbocycles. The van der Waals surface area contributed by atoms with E-state index in [1.165, 1.54) is 0 Å². The Balaban J connectivity index is 1.85. The second kappa shape index (κ2) is 7.33. The van der Waals surface area contributed by atoms with Crippen LogP contribution in [0, 0.1) is 0 Å². The lowest BCUT2D eigenvalue weighted by Crippen LogP contribution is -2.37. The van der Waals surface area contributed by atoms with E-state index in [-0.39, 0.29) is 18.4 Å². The van der Waals surface area contributed by atoms with Crippen molar-refractivity contribution in [3.8, 4) is 5.75 Å². The van der Waals surface area contributed by atoms with Gasteiger partial charge in [-0.25, -0.2) is 13.1 Å². The minimum atomic E-state index is -3.66. The predicted octanol–water partition coefficient (Wildman–Crippen LogP) is 1.86. The maximum absolute atomic E-state index is 12.9. The SMILES string of the molecule is CCCN1C[C@@H](NS(=O)(=O)c2ccc(OC)c3c2CCCC3)CC1=O. The second-order valence-corrected chi connectivity index (χ2v) is 8.47. The molecule has 6 nitrogen and oxygen atoms in total. The summed E-state index contributed by atoms with van der Waals surface area (Å²) in [4.78, 5) is 14.1. The molecule has 1 fully saturated rings. The third-order valence-electron chi connectivity index (χ3n) is 4.99. The first kappa shape index (κ1) is 18.2. The number of hydrogen-bond acceptors (Lipinski definition) is 4. The minimum absolute atomic E-state index is 0.0197. The van der Waals surface area contributed by atoms with Crippen molar-refractivity contribution in [3.05, 3.63) is 23.3 Å². The van der Waals surface area contributed by atoms with E-state index in [1.807, 2.05) is 6.92 Å². The van der Waals surface area contributed by atoms with Gasteiger partial charge in [-0.15, -0.1) is 0 Å². The van der Waals surface area contributed by atoms with Crippen LogP contribution in [-0.2, 0) is 27.7 Å². The Kier molecular flexibility index (Phi) is 5.34. The highest BCUT2D eigenvalue weighted by Gasteiger charge is 2.33. The van der Waals surface area contributed by atoms with Crippen LogP contribution in [0.15, 0.2) is 17.0 Å². The molecule has 1 atom stereocenters. The van der Waals surface area contributed by atoms with E-state index in [0.717, 1.165) is 49.0 Å². The molecule has 0 spiro atoms. The molecule has 1 aliphatic heterocycles. The number of carbonyl (C=O) groups is 1. The van der Waals surface area contributed by atoms with Crippen LogP contribution in [0.2, 0.25) is 0 Å². The van der Waals surface area contributed by atoms with Crippen molar-refractivity contribution in [2.75, 3.05) is 20.2 Å². The van der Waals surface area contributed by atoms with Crippen LogP contribution in [-0.4, -0.2) is 45.5 Å². The average Bonchev–Trinajstić information content (AvgIpc) is 2.92. The van der Waals surface area contributed by atoms with E-state index in [4.69, 9.17) is 4.74 Å². The van der Waals surface area contributed by atoms with E-state index in [2.05, 4.69) is 4.72 Å². The summed E-state index contributed by atoms with van der Waals surface area (Å²) >= 11 is 0. The Morgan fingerprint density at radius 2 is 1.96 bits per heavy atom. The molecule has 0 radical (unpaired) electrons. The van der Waals surface area contributed by atoms with Crippen LogP contribution in [0.5, 0.6) is 5.75 Å². The number of ether oxygens (including phenoxy) is 1. The highest BCUT2D eigenvalue weighted by atomic mass is 32.2. The van der Waals surface area contributed by atoms with Crippen molar-refractivity contribution in [1.29, 1.82) is 0 Å². The van der Waals surface area contributed by atoms with Gasteiger partial charge in [0.2, 0.25) is 15.9 Å². The van der Waals surface area contributed by atoms with E-state index in [1.54, 1.807) is 24.1 Å². The van der Waals surface area contributed by atoms with Crippen molar-refractivity contribution < 1.29 is 17.9 Å². The van der Waals surface area contributed by atoms with Gasteiger partial charge in [0.1, 0.15) is 5.75 Å². The number of nitrogens with one attached hydrogen (secondary N) is 1. The number of sulfonamides is 1. The fourth-order valence-corrected chi connectivity index (χ4v) is 5.39. The lowest BCUT2D eigenvalue weighted by molar-refractivity contribution is -0.127. The molecule has 0 aromatic heterocycles. The van der Waals surface area contributed by atoms with Crippen LogP contribution in [0.4, 0.5) is 0 Å². The second-order valence-electron chi connectivity index (χ2n) is 6.79. The van der Waals surface area contributed by atoms with Gasteiger partial charge < -0.3 is 9.64 Å². The van der Waals surface area contributed by atoms with Crippen LogP contribution >= 0.6 is 0 Å². The van der Waals surface area contributed by atoms with Gasteiger partial charge >= 0.3 is 0 Å². The Labute approximate surface area is 149 Å². The summed E-state index contributed by atoms with van der Waals surface area (Å²) in [6.45, 7) is 3.13. The molecule has 0 unspecified atom stereocenters. The molecule has 1 aromatic rings. The summed E-state index contributed by atoms with van der Waals surface area (Å²) < 4.78 is 34.0. The van der Waals surface area contributed by atoms with Crippen molar-refractivity contribution >= 4 is 15.9 Å². The summed E-state index contributed by atoms with van der Waals surface area (Å²) in [5.41, 5.74) is 1.87. The van der Waals surface area contributed by atoms with Crippen molar-refractivity contribution in [2.45, 2.75) is 56.4 Å². The summed E-state index contributed by atoms with van der Waals surface area (Å²) in [6.07, 6.45) is 4.72. The number of amides is 1. The highest BCUT2D eigenvalue weighted by Crippen LogP contribution is 2.34. The van der Waals surface area contributed by atoms with Gasteiger partial charge in [0.25, 0.3) is 0 Å². The van der Waals surface area contributed by atoms with Crippen molar-refractivity contribution in [1.82, 2.24) is 9.62 Å². The monoisotopic (exact) mass is 366 g/mol. The van der Waals surface area contributed by atoms with Crippen molar-refractivity contribution in [2.24, 2.45) is 0 Å². The van der Waals surface area contributed by atoms with Gasteiger partial charge in [-0.1, -0.05) is 6.92 Å². The topological polar surface area (TPSA) is 75.7 Å². The number of likely N-dealkylation sites (tertiary alicyclic amines) is 1. The molecule has 25 heavy (non-hydrogen) atoms. The summed E-state index contributed by atoms with van der Waals surface area (Å²) in [7, 11) is -2.04. The maximum atomic E-state index is 12.9. The highest BCUT2D eigenvalue weighted by molar-refractivity contribution is 7.89. The molecule has 0 saturated carbocycles. The molecule has 7 heteroatoms. The van der Waals surface area contributed by atoms with Crippen molar-refractivity contribution in [3.63, 3.8) is 0 Å². The molecule has 1 saturated heterocycles. The number of nitrogens with zero attached hydrogens (tertiary/aromatic N) is 1. The fourth-order valence-electron chi connectivity index (χ4n) is 3.86. The molecule has 1 amide bonds. The van der Waals surface area contributed by atoms with Gasteiger partial charge in [-0.05, 0) is 55.4 Å². The lowest BCUT2D eigenvalue weighted by Gasteiger charge is -2.23. The van der Waals surface area contributed by atoms with E-state index >= 15 is 0 Å². The summed E-state index contributed by atoms with van der Waals surface area (Å²) in [5.74, 6) is 0.783. The molecule has 3 rings (SSSR count). The largest absolute Gasteiger partial charge is 0.496 e. The molecule has 138 valence electrons. The Morgan fingerprint density at radius 3 is 2.64 bits per heavy atom. The third-order valence-corrected chi connectivity index (χ3v) is 6.59. The molecular formula is C18H26N2O4S.